The highest BCUT2D eigenvalue weighted by Crippen LogP contribution is 2.15. The number of carbonyl (C=O) groups excluding carboxylic acids is 1. The van der Waals surface area contributed by atoms with Crippen molar-refractivity contribution in [3.63, 3.8) is 0 Å². The van der Waals surface area contributed by atoms with E-state index in [2.05, 4.69) is 5.32 Å². The Hall–Kier alpha value is -1.49. The van der Waals surface area contributed by atoms with Gasteiger partial charge in [0.15, 0.2) is 0 Å². The Labute approximate surface area is 111 Å². The number of aliphatic hydroxyl groups excluding tert-OH is 1. The van der Waals surface area contributed by atoms with Crippen molar-refractivity contribution in [2.45, 2.75) is 33.2 Å². The molecule has 2 N–H and O–H groups in total. The SMILES string of the molecule is Cc1cc(F)c(C(=O)NC(CO)CC(C)C)cc1F. The summed E-state index contributed by atoms with van der Waals surface area (Å²) in [5.41, 5.74) is -0.194. The molecule has 0 saturated heterocycles. The minimum absolute atomic E-state index is 0.148. The van der Waals surface area contributed by atoms with Crippen molar-refractivity contribution in [1.82, 2.24) is 5.32 Å². The molecule has 1 rings (SSSR count). The van der Waals surface area contributed by atoms with Gasteiger partial charge in [-0.1, -0.05) is 13.8 Å². The fourth-order valence-corrected chi connectivity index (χ4v) is 1.83. The first-order valence-corrected chi connectivity index (χ1v) is 6.22. The van der Waals surface area contributed by atoms with Gasteiger partial charge in [-0.15, -0.1) is 0 Å². The van der Waals surface area contributed by atoms with Gasteiger partial charge in [-0.05, 0) is 37.0 Å². The molecule has 0 aromatic heterocycles. The van der Waals surface area contributed by atoms with Gasteiger partial charge in [0.05, 0.1) is 18.2 Å². The number of aliphatic hydroxyl groups is 1. The molecular formula is C14H19F2NO2. The molecule has 0 spiro atoms. The second-order valence-electron chi connectivity index (χ2n) is 5.06. The lowest BCUT2D eigenvalue weighted by Gasteiger charge is -2.18. The van der Waals surface area contributed by atoms with Gasteiger partial charge in [0.1, 0.15) is 11.6 Å². The van der Waals surface area contributed by atoms with Crippen LogP contribution in [0.3, 0.4) is 0 Å². The zero-order valence-corrected chi connectivity index (χ0v) is 11.3. The first kappa shape index (κ1) is 15.6. The van der Waals surface area contributed by atoms with Crippen molar-refractivity contribution in [2.75, 3.05) is 6.61 Å². The van der Waals surface area contributed by atoms with Crippen LogP contribution in [0, 0.1) is 24.5 Å². The molecule has 5 heteroatoms. The molecule has 3 nitrogen and oxygen atoms in total. The van der Waals surface area contributed by atoms with Crippen LogP contribution in [-0.4, -0.2) is 23.7 Å². The van der Waals surface area contributed by atoms with Crippen LogP contribution in [0.2, 0.25) is 0 Å². The number of aryl methyl sites for hydroxylation is 1. The van der Waals surface area contributed by atoms with Gasteiger partial charge in [0.25, 0.3) is 5.91 Å². The first-order valence-electron chi connectivity index (χ1n) is 6.22. The molecule has 1 aromatic carbocycles. The summed E-state index contributed by atoms with van der Waals surface area (Å²) in [7, 11) is 0. The van der Waals surface area contributed by atoms with Crippen LogP contribution in [0.25, 0.3) is 0 Å². The highest BCUT2D eigenvalue weighted by atomic mass is 19.1. The van der Waals surface area contributed by atoms with E-state index >= 15 is 0 Å². The Morgan fingerprint density at radius 1 is 1.32 bits per heavy atom. The van der Waals surface area contributed by atoms with E-state index in [0.29, 0.717) is 6.42 Å². The van der Waals surface area contributed by atoms with Gasteiger partial charge in [-0.2, -0.15) is 0 Å². The van der Waals surface area contributed by atoms with E-state index in [1.807, 2.05) is 13.8 Å². The summed E-state index contributed by atoms with van der Waals surface area (Å²) in [5, 5.41) is 11.7. The Bertz CT molecular complexity index is 461. The standard InChI is InChI=1S/C14H19F2NO2/c1-8(2)4-10(7-18)17-14(19)11-6-12(15)9(3)5-13(11)16/h5-6,8,10,18H,4,7H2,1-3H3,(H,17,19). The normalized spacial score (nSPS) is 12.6. The minimum atomic E-state index is -0.766. The lowest BCUT2D eigenvalue weighted by atomic mass is 10.0. The zero-order valence-electron chi connectivity index (χ0n) is 11.3. The number of amides is 1. The summed E-state index contributed by atoms with van der Waals surface area (Å²) in [4.78, 5) is 11.9. The second-order valence-corrected chi connectivity index (χ2v) is 5.06. The number of carbonyl (C=O) groups is 1. The van der Waals surface area contributed by atoms with Crippen LogP contribution in [0.15, 0.2) is 12.1 Å². The molecule has 106 valence electrons. The van der Waals surface area contributed by atoms with Gasteiger partial charge >= 0.3 is 0 Å². The third kappa shape index (κ3) is 4.28. The van der Waals surface area contributed by atoms with Gasteiger partial charge in [0.2, 0.25) is 0 Å². The Kier molecular flexibility index (Phi) is 5.42. The highest BCUT2D eigenvalue weighted by molar-refractivity contribution is 5.94. The largest absolute Gasteiger partial charge is 0.394 e. The Morgan fingerprint density at radius 2 is 1.95 bits per heavy atom. The number of rotatable bonds is 5. The summed E-state index contributed by atoms with van der Waals surface area (Å²) >= 11 is 0. The average molecular weight is 271 g/mol. The maximum absolute atomic E-state index is 13.6. The van der Waals surface area contributed by atoms with E-state index in [4.69, 9.17) is 5.11 Å². The molecule has 0 fully saturated rings. The van der Waals surface area contributed by atoms with E-state index in [9.17, 15) is 13.6 Å². The molecule has 0 saturated carbocycles. The van der Waals surface area contributed by atoms with Crippen LogP contribution in [0.1, 0.15) is 36.2 Å². The summed E-state index contributed by atoms with van der Waals surface area (Å²) in [6, 6.07) is 1.40. The topological polar surface area (TPSA) is 49.3 Å². The monoisotopic (exact) mass is 271 g/mol. The maximum atomic E-state index is 13.6. The van der Waals surface area contributed by atoms with Crippen LogP contribution in [0.4, 0.5) is 8.78 Å². The molecule has 0 aliphatic heterocycles. The summed E-state index contributed by atoms with van der Waals surface area (Å²) in [6.45, 7) is 5.08. The molecule has 0 bridgehead atoms. The smallest absolute Gasteiger partial charge is 0.254 e. The Morgan fingerprint density at radius 3 is 2.47 bits per heavy atom. The van der Waals surface area contributed by atoms with E-state index in [1.165, 1.54) is 6.92 Å². The fourth-order valence-electron chi connectivity index (χ4n) is 1.83. The molecular weight excluding hydrogens is 252 g/mol. The number of halogens is 2. The van der Waals surface area contributed by atoms with E-state index in [1.54, 1.807) is 0 Å². The van der Waals surface area contributed by atoms with Crippen molar-refractivity contribution >= 4 is 5.91 Å². The molecule has 0 aliphatic rings. The quantitative estimate of drug-likeness (QED) is 0.864. The number of nitrogens with one attached hydrogen (secondary N) is 1. The second kappa shape index (κ2) is 6.61. The lowest BCUT2D eigenvalue weighted by Crippen LogP contribution is -2.38. The maximum Gasteiger partial charge on any atom is 0.254 e. The van der Waals surface area contributed by atoms with Crippen LogP contribution < -0.4 is 5.32 Å². The van der Waals surface area contributed by atoms with Crippen molar-refractivity contribution in [3.8, 4) is 0 Å². The predicted octanol–water partition coefficient (Wildman–Crippen LogP) is 2.41. The molecule has 1 unspecified atom stereocenters. The molecule has 1 amide bonds. The molecule has 0 aliphatic carbocycles. The van der Waals surface area contributed by atoms with Crippen LogP contribution >= 0.6 is 0 Å². The average Bonchev–Trinajstić information content (AvgIpc) is 2.32. The molecule has 1 atom stereocenters. The highest BCUT2D eigenvalue weighted by Gasteiger charge is 2.18. The van der Waals surface area contributed by atoms with Crippen LogP contribution in [0.5, 0.6) is 0 Å². The van der Waals surface area contributed by atoms with E-state index < -0.39 is 23.6 Å². The van der Waals surface area contributed by atoms with Crippen molar-refractivity contribution < 1.29 is 18.7 Å². The van der Waals surface area contributed by atoms with Crippen molar-refractivity contribution in [3.05, 3.63) is 34.9 Å². The number of benzene rings is 1. The Balaban J connectivity index is 2.85. The van der Waals surface area contributed by atoms with Gasteiger partial charge < -0.3 is 10.4 Å². The van der Waals surface area contributed by atoms with Gasteiger partial charge in [-0.25, -0.2) is 8.78 Å². The summed E-state index contributed by atoms with van der Waals surface area (Å²) < 4.78 is 27.0. The number of hydrogen-bond donors (Lipinski definition) is 2. The molecule has 0 heterocycles. The van der Waals surface area contributed by atoms with Crippen molar-refractivity contribution in [2.24, 2.45) is 5.92 Å². The molecule has 0 radical (unpaired) electrons. The van der Waals surface area contributed by atoms with E-state index in [0.717, 1.165) is 12.1 Å². The van der Waals surface area contributed by atoms with Crippen molar-refractivity contribution in [1.29, 1.82) is 0 Å². The lowest BCUT2D eigenvalue weighted by molar-refractivity contribution is 0.0903. The molecule has 19 heavy (non-hydrogen) atoms. The van der Waals surface area contributed by atoms with Gasteiger partial charge in [0, 0.05) is 0 Å². The zero-order chi connectivity index (χ0) is 14.6. The van der Waals surface area contributed by atoms with Gasteiger partial charge in [-0.3, -0.25) is 4.79 Å². The predicted molar refractivity (Wildman–Crippen MR) is 68.9 cm³/mol. The van der Waals surface area contributed by atoms with E-state index in [-0.39, 0.29) is 23.7 Å². The molecule has 1 aromatic rings. The minimum Gasteiger partial charge on any atom is -0.394 e. The summed E-state index contributed by atoms with van der Waals surface area (Å²) in [6.07, 6.45) is 0.568. The third-order valence-corrected chi connectivity index (χ3v) is 2.80. The summed E-state index contributed by atoms with van der Waals surface area (Å²) in [5.74, 6) is -1.83. The van der Waals surface area contributed by atoms with Crippen LogP contribution in [-0.2, 0) is 0 Å². The number of hydrogen-bond acceptors (Lipinski definition) is 2. The third-order valence-electron chi connectivity index (χ3n) is 2.80. The fraction of sp³-hybridized carbons (Fsp3) is 0.500. The first-order chi connectivity index (χ1) is 8.85.